The van der Waals surface area contributed by atoms with E-state index in [1.165, 1.54) is 6.07 Å². The molecule has 0 spiro atoms. The summed E-state index contributed by atoms with van der Waals surface area (Å²) in [6.45, 7) is 1.22. The van der Waals surface area contributed by atoms with Crippen LogP contribution in [0.4, 0.5) is 4.39 Å². The lowest BCUT2D eigenvalue weighted by atomic mass is 9.94. The van der Waals surface area contributed by atoms with E-state index in [0.29, 0.717) is 13.0 Å². The zero-order chi connectivity index (χ0) is 13.3. The minimum Gasteiger partial charge on any atom is -0.379 e. The van der Waals surface area contributed by atoms with Crippen LogP contribution < -0.4 is 5.32 Å². The first-order valence-electron chi connectivity index (χ1n) is 6.21. The molecule has 0 amide bonds. The molecule has 0 saturated carbocycles. The molecule has 1 aromatic carbocycles. The van der Waals surface area contributed by atoms with Crippen molar-refractivity contribution < 1.29 is 14.0 Å². The summed E-state index contributed by atoms with van der Waals surface area (Å²) < 4.78 is 18.7. The van der Waals surface area contributed by atoms with Crippen molar-refractivity contribution in [2.75, 3.05) is 13.1 Å². The molecule has 2 aromatic rings. The Morgan fingerprint density at radius 2 is 2.21 bits per heavy atom. The lowest BCUT2D eigenvalue weighted by molar-refractivity contribution is -0.0167. The van der Waals surface area contributed by atoms with Crippen molar-refractivity contribution in [3.8, 4) is 11.4 Å². The third-order valence-corrected chi connectivity index (χ3v) is 3.30. The molecule has 2 N–H and O–H groups in total. The van der Waals surface area contributed by atoms with Crippen LogP contribution >= 0.6 is 0 Å². The minimum atomic E-state index is -1.16. The van der Waals surface area contributed by atoms with Gasteiger partial charge in [-0.05, 0) is 31.5 Å². The largest absolute Gasteiger partial charge is 0.379 e. The van der Waals surface area contributed by atoms with E-state index >= 15 is 0 Å². The molecule has 1 unspecified atom stereocenters. The van der Waals surface area contributed by atoms with Gasteiger partial charge < -0.3 is 14.9 Å². The Morgan fingerprint density at radius 3 is 2.95 bits per heavy atom. The maximum Gasteiger partial charge on any atom is 0.260 e. The lowest BCUT2D eigenvalue weighted by Crippen LogP contribution is -2.43. The maximum absolute atomic E-state index is 13.6. The zero-order valence-corrected chi connectivity index (χ0v) is 10.3. The van der Waals surface area contributed by atoms with E-state index in [1.807, 2.05) is 0 Å². The van der Waals surface area contributed by atoms with Crippen LogP contribution in [-0.4, -0.2) is 28.3 Å². The molecule has 1 aliphatic heterocycles. The Bertz CT molecular complexity index is 579. The van der Waals surface area contributed by atoms with Crippen molar-refractivity contribution in [2.24, 2.45) is 0 Å². The number of benzene rings is 1. The summed E-state index contributed by atoms with van der Waals surface area (Å²) in [5.41, 5.74) is -0.890. The van der Waals surface area contributed by atoms with Crippen molar-refractivity contribution in [1.29, 1.82) is 0 Å². The molecule has 6 heteroatoms. The summed E-state index contributed by atoms with van der Waals surface area (Å²) in [6.07, 6.45) is 1.38. The molecule has 0 aliphatic carbocycles. The van der Waals surface area contributed by atoms with Crippen LogP contribution in [0.3, 0.4) is 0 Å². The summed E-state index contributed by atoms with van der Waals surface area (Å²) in [7, 11) is 0. The van der Waals surface area contributed by atoms with Crippen LogP contribution in [0.1, 0.15) is 18.7 Å². The van der Waals surface area contributed by atoms with Crippen LogP contribution in [0.5, 0.6) is 0 Å². The maximum atomic E-state index is 13.6. The molecular formula is C13H14FN3O2. The van der Waals surface area contributed by atoms with Gasteiger partial charge in [-0.2, -0.15) is 4.98 Å². The normalized spacial score (nSPS) is 23.5. The Kier molecular flexibility index (Phi) is 3.04. The number of aromatic nitrogens is 2. The summed E-state index contributed by atoms with van der Waals surface area (Å²) >= 11 is 0. The molecule has 5 nitrogen and oxygen atoms in total. The molecular weight excluding hydrogens is 249 g/mol. The first kappa shape index (κ1) is 12.3. The summed E-state index contributed by atoms with van der Waals surface area (Å²) in [5.74, 6) is -0.117. The fraction of sp³-hybridized carbons (Fsp3) is 0.385. The molecule has 2 heterocycles. The molecule has 0 radical (unpaired) electrons. The van der Waals surface area contributed by atoms with Crippen molar-refractivity contribution in [2.45, 2.75) is 18.4 Å². The van der Waals surface area contributed by atoms with Gasteiger partial charge in [0.2, 0.25) is 5.82 Å². The number of nitrogens with one attached hydrogen (secondary N) is 1. The first-order valence-corrected chi connectivity index (χ1v) is 6.21. The first-order chi connectivity index (χ1) is 9.19. The smallest absolute Gasteiger partial charge is 0.260 e. The van der Waals surface area contributed by atoms with Gasteiger partial charge in [-0.3, -0.25) is 0 Å². The van der Waals surface area contributed by atoms with Crippen molar-refractivity contribution in [3.05, 3.63) is 36.0 Å². The lowest BCUT2D eigenvalue weighted by Gasteiger charge is -2.28. The predicted octanol–water partition coefficient (Wildman–Crippen LogP) is 1.45. The van der Waals surface area contributed by atoms with Crippen molar-refractivity contribution in [3.63, 3.8) is 0 Å². The topological polar surface area (TPSA) is 71.2 Å². The van der Waals surface area contributed by atoms with Gasteiger partial charge in [-0.15, -0.1) is 0 Å². The van der Waals surface area contributed by atoms with E-state index in [9.17, 15) is 9.50 Å². The monoisotopic (exact) mass is 263 g/mol. The Balaban J connectivity index is 1.93. The fourth-order valence-electron chi connectivity index (χ4n) is 2.24. The molecule has 1 saturated heterocycles. The molecule has 1 fully saturated rings. The van der Waals surface area contributed by atoms with Crippen molar-refractivity contribution in [1.82, 2.24) is 15.5 Å². The van der Waals surface area contributed by atoms with Gasteiger partial charge >= 0.3 is 0 Å². The number of rotatable bonds is 2. The van der Waals surface area contributed by atoms with Gasteiger partial charge in [0.1, 0.15) is 5.82 Å². The van der Waals surface area contributed by atoms with E-state index in [4.69, 9.17) is 4.52 Å². The van der Waals surface area contributed by atoms with Crippen LogP contribution in [0.15, 0.2) is 28.8 Å². The highest BCUT2D eigenvalue weighted by atomic mass is 19.1. The highest BCUT2D eigenvalue weighted by Crippen LogP contribution is 2.29. The molecule has 1 atom stereocenters. The van der Waals surface area contributed by atoms with E-state index in [-0.39, 0.29) is 17.3 Å². The number of hydrogen-bond donors (Lipinski definition) is 2. The van der Waals surface area contributed by atoms with Crippen LogP contribution in [0, 0.1) is 5.82 Å². The number of aliphatic hydroxyl groups is 1. The van der Waals surface area contributed by atoms with Gasteiger partial charge in [-0.25, -0.2) is 4.39 Å². The average molecular weight is 263 g/mol. The van der Waals surface area contributed by atoms with Gasteiger partial charge in [0.25, 0.3) is 5.89 Å². The fourth-order valence-corrected chi connectivity index (χ4v) is 2.24. The Morgan fingerprint density at radius 1 is 1.37 bits per heavy atom. The van der Waals surface area contributed by atoms with Crippen LogP contribution in [0.25, 0.3) is 11.4 Å². The summed E-state index contributed by atoms with van der Waals surface area (Å²) in [6, 6.07) is 6.21. The van der Waals surface area contributed by atoms with Crippen LogP contribution in [0.2, 0.25) is 0 Å². The number of nitrogens with zero attached hydrogens (tertiary/aromatic N) is 2. The number of halogens is 1. The molecule has 100 valence electrons. The molecule has 3 rings (SSSR count). The summed E-state index contributed by atoms with van der Waals surface area (Å²) in [4.78, 5) is 4.13. The summed E-state index contributed by atoms with van der Waals surface area (Å²) in [5, 5.41) is 17.3. The zero-order valence-electron chi connectivity index (χ0n) is 10.3. The second-order valence-electron chi connectivity index (χ2n) is 4.71. The molecule has 0 bridgehead atoms. The third kappa shape index (κ3) is 2.24. The highest BCUT2D eigenvalue weighted by molar-refractivity contribution is 5.54. The third-order valence-electron chi connectivity index (χ3n) is 3.30. The highest BCUT2D eigenvalue weighted by Gasteiger charge is 2.37. The van der Waals surface area contributed by atoms with E-state index in [2.05, 4.69) is 15.5 Å². The Hall–Kier alpha value is -1.79. The SMILES string of the molecule is OC1(c2nc(-c3ccccc3F)no2)CCCNC1. The number of β-amino-alcohol motifs (C(OH)–C–C–N with tert-alkyl or cyclic N) is 1. The minimum absolute atomic E-state index is 0.137. The van der Waals surface area contributed by atoms with E-state index in [0.717, 1.165) is 13.0 Å². The van der Waals surface area contributed by atoms with E-state index in [1.54, 1.807) is 18.2 Å². The van der Waals surface area contributed by atoms with Crippen molar-refractivity contribution >= 4 is 0 Å². The second-order valence-corrected chi connectivity index (χ2v) is 4.71. The predicted molar refractivity (Wildman–Crippen MR) is 65.7 cm³/mol. The van der Waals surface area contributed by atoms with Gasteiger partial charge in [0.05, 0.1) is 5.56 Å². The van der Waals surface area contributed by atoms with Crippen LogP contribution in [-0.2, 0) is 5.60 Å². The molecule has 19 heavy (non-hydrogen) atoms. The van der Waals surface area contributed by atoms with Gasteiger partial charge in [-0.1, -0.05) is 17.3 Å². The Labute approximate surface area is 109 Å². The number of hydrogen-bond acceptors (Lipinski definition) is 5. The van der Waals surface area contributed by atoms with Gasteiger partial charge in [0.15, 0.2) is 5.60 Å². The number of piperidine rings is 1. The molecule has 1 aromatic heterocycles. The van der Waals surface area contributed by atoms with Gasteiger partial charge in [0, 0.05) is 6.54 Å². The quantitative estimate of drug-likeness (QED) is 0.858. The van der Waals surface area contributed by atoms with E-state index < -0.39 is 11.4 Å². The molecule has 1 aliphatic rings. The second kappa shape index (κ2) is 4.71. The standard InChI is InChI=1S/C13H14FN3O2/c14-10-5-2-1-4-9(10)11-16-12(19-17-11)13(18)6-3-7-15-8-13/h1-2,4-5,15,18H,3,6-8H2. The average Bonchev–Trinajstić information content (AvgIpc) is 2.90.